The van der Waals surface area contributed by atoms with Crippen molar-refractivity contribution in [1.29, 1.82) is 0 Å². The van der Waals surface area contributed by atoms with E-state index in [9.17, 15) is 0 Å². The minimum Gasteiger partial charge on any atom is -0.323 e. The van der Waals surface area contributed by atoms with E-state index in [2.05, 4.69) is 47.3 Å². The first kappa shape index (κ1) is 9.52. The molecular formula is C16H17N. The second-order valence-electron chi connectivity index (χ2n) is 5.50. The molecule has 1 fully saturated rings. The highest BCUT2D eigenvalue weighted by Gasteiger charge is 2.35. The van der Waals surface area contributed by atoms with Gasteiger partial charge in [-0.1, -0.05) is 43.5 Å². The van der Waals surface area contributed by atoms with Crippen molar-refractivity contribution in [3.8, 4) is 0 Å². The Kier molecular flexibility index (Phi) is 1.82. The number of hydrogen-bond donors (Lipinski definition) is 0. The van der Waals surface area contributed by atoms with Gasteiger partial charge in [-0.15, -0.1) is 0 Å². The summed E-state index contributed by atoms with van der Waals surface area (Å²) in [5, 5.41) is 1.39. The lowest BCUT2D eigenvalue weighted by Gasteiger charge is -2.37. The lowest BCUT2D eigenvalue weighted by atomic mass is 9.68. The van der Waals surface area contributed by atoms with Crippen molar-refractivity contribution in [1.82, 2.24) is 4.57 Å². The number of para-hydroxylation sites is 1. The summed E-state index contributed by atoms with van der Waals surface area (Å²) < 4.78 is 2.28. The minimum atomic E-state index is 0.339. The maximum atomic E-state index is 2.45. The molecule has 1 spiro atoms. The van der Waals surface area contributed by atoms with E-state index in [4.69, 9.17) is 0 Å². The number of allylic oxidation sites excluding steroid dienone is 1. The van der Waals surface area contributed by atoms with E-state index in [1.165, 1.54) is 43.0 Å². The monoisotopic (exact) mass is 223 g/mol. The van der Waals surface area contributed by atoms with Crippen LogP contribution in [0, 0.1) is 0 Å². The number of hydrogen-bond acceptors (Lipinski definition) is 0. The van der Waals surface area contributed by atoms with Gasteiger partial charge in [-0.05, 0) is 24.5 Å². The molecule has 0 saturated heterocycles. The molecule has 0 amide bonds. The maximum Gasteiger partial charge on any atom is 0.0562 e. The molecular weight excluding hydrogens is 206 g/mol. The van der Waals surface area contributed by atoms with E-state index >= 15 is 0 Å². The zero-order valence-corrected chi connectivity index (χ0v) is 10.0. The molecule has 1 aliphatic carbocycles. The van der Waals surface area contributed by atoms with Crippen LogP contribution in [0.15, 0.2) is 36.5 Å². The normalized spacial score (nSPS) is 21.2. The van der Waals surface area contributed by atoms with Crippen molar-refractivity contribution in [3.63, 3.8) is 0 Å². The van der Waals surface area contributed by atoms with Gasteiger partial charge in [0.05, 0.1) is 5.52 Å². The molecule has 1 aliphatic heterocycles. The highest BCUT2D eigenvalue weighted by Crippen LogP contribution is 2.45. The Morgan fingerprint density at radius 1 is 1.00 bits per heavy atom. The molecule has 2 heterocycles. The quantitative estimate of drug-likeness (QED) is 0.626. The molecule has 1 aromatic heterocycles. The van der Waals surface area contributed by atoms with Gasteiger partial charge in [-0.3, -0.25) is 0 Å². The lowest BCUT2D eigenvalue weighted by Crippen LogP contribution is -2.29. The van der Waals surface area contributed by atoms with Gasteiger partial charge in [0.15, 0.2) is 0 Å². The Morgan fingerprint density at radius 2 is 1.88 bits per heavy atom. The smallest absolute Gasteiger partial charge is 0.0562 e. The van der Waals surface area contributed by atoms with E-state index in [0.29, 0.717) is 5.41 Å². The molecule has 2 aromatic rings. The van der Waals surface area contributed by atoms with E-state index in [0.717, 1.165) is 0 Å². The van der Waals surface area contributed by atoms with E-state index in [1.807, 2.05) is 0 Å². The summed E-state index contributed by atoms with van der Waals surface area (Å²) in [6.45, 7) is 0. The van der Waals surface area contributed by atoms with Crippen LogP contribution < -0.4 is 0 Å². The third kappa shape index (κ3) is 1.20. The van der Waals surface area contributed by atoms with Crippen molar-refractivity contribution < 1.29 is 0 Å². The molecule has 0 N–H and O–H groups in total. The van der Waals surface area contributed by atoms with Gasteiger partial charge in [0.2, 0.25) is 0 Å². The van der Waals surface area contributed by atoms with Crippen LogP contribution in [-0.2, 0) is 5.41 Å². The fourth-order valence-electron chi connectivity index (χ4n) is 3.68. The zero-order chi connectivity index (χ0) is 11.3. The third-order valence-corrected chi connectivity index (χ3v) is 4.58. The van der Waals surface area contributed by atoms with Crippen molar-refractivity contribution in [2.24, 2.45) is 0 Å². The Labute approximate surface area is 102 Å². The van der Waals surface area contributed by atoms with Crippen LogP contribution in [-0.4, -0.2) is 4.57 Å². The van der Waals surface area contributed by atoms with Crippen molar-refractivity contribution in [3.05, 3.63) is 42.1 Å². The average molecular weight is 223 g/mol. The van der Waals surface area contributed by atoms with E-state index < -0.39 is 0 Å². The van der Waals surface area contributed by atoms with Crippen molar-refractivity contribution >= 4 is 17.1 Å². The highest BCUT2D eigenvalue weighted by molar-refractivity contribution is 5.88. The maximum absolute atomic E-state index is 2.45. The van der Waals surface area contributed by atoms with E-state index in [1.54, 1.807) is 5.56 Å². The van der Waals surface area contributed by atoms with Gasteiger partial charge in [0, 0.05) is 23.2 Å². The molecule has 0 radical (unpaired) electrons. The third-order valence-electron chi connectivity index (χ3n) is 4.58. The van der Waals surface area contributed by atoms with Gasteiger partial charge < -0.3 is 4.57 Å². The number of rotatable bonds is 0. The second kappa shape index (κ2) is 3.25. The molecule has 0 bridgehead atoms. The van der Waals surface area contributed by atoms with Gasteiger partial charge >= 0.3 is 0 Å². The van der Waals surface area contributed by atoms with Gasteiger partial charge in [0.1, 0.15) is 0 Å². The predicted octanol–water partition coefficient (Wildman–Crippen LogP) is 4.33. The molecule has 1 heteroatoms. The fourth-order valence-corrected chi connectivity index (χ4v) is 3.68. The zero-order valence-electron chi connectivity index (χ0n) is 10.0. The summed E-state index contributed by atoms with van der Waals surface area (Å²) in [5.41, 5.74) is 3.34. The Hall–Kier alpha value is -1.50. The Bertz CT molecular complexity index is 597. The van der Waals surface area contributed by atoms with Crippen LogP contribution in [0.1, 0.15) is 37.7 Å². The second-order valence-corrected chi connectivity index (χ2v) is 5.50. The van der Waals surface area contributed by atoms with Gasteiger partial charge in [-0.2, -0.15) is 0 Å². The Balaban J connectivity index is 2.02. The number of aromatic nitrogens is 1. The molecule has 0 atom stereocenters. The Morgan fingerprint density at radius 3 is 2.76 bits per heavy atom. The van der Waals surface area contributed by atoms with Crippen LogP contribution in [0.3, 0.4) is 0 Å². The minimum absolute atomic E-state index is 0.339. The van der Waals surface area contributed by atoms with Crippen molar-refractivity contribution in [2.45, 2.75) is 37.5 Å². The molecule has 2 aliphatic rings. The lowest BCUT2D eigenvalue weighted by molar-refractivity contribution is 0.358. The summed E-state index contributed by atoms with van der Waals surface area (Å²) in [5.74, 6) is 0. The molecule has 1 nitrogen and oxygen atoms in total. The summed E-state index contributed by atoms with van der Waals surface area (Å²) in [7, 11) is 0. The van der Waals surface area contributed by atoms with Crippen LogP contribution in [0.25, 0.3) is 17.1 Å². The first-order chi connectivity index (χ1) is 8.39. The van der Waals surface area contributed by atoms with Gasteiger partial charge in [-0.25, -0.2) is 0 Å². The number of benzene rings is 1. The molecule has 17 heavy (non-hydrogen) atoms. The summed E-state index contributed by atoms with van der Waals surface area (Å²) in [6, 6.07) is 9.02. The first-order valence-corrected chi connectivity index (χ1v) is 6.69. The fraction of sp³-hybridized carbons (Fsp3) is 0.375. The van der Waals surface area contributed by atoms with E-state index in [-0.39, 0.29) is 0 Å². The summed E-state index contributed by atoms with van der Waals surface area (Å²) >= 11 is 0. The molecule has 1 saturated carbocycles. The van der Waals surface area contributed by atoms with Crippen molar-refractivity contribution in [2.75, 3.05) is 0 Å². The molecule has 4 rings (SSSR count). The van der Waals surface area contributed by atoms with Crippen LogP contribution in [0.2, 0.25) is 0 Å². The SMILES string of the molecule is C1=CC2(CCCCC2)c2cccc3ccn1c23. The number of nitrogens with zero attached hydrogens (tertiary/aromatic N) is 1. The molecule has 1 aromatic carbocycles. The topological polar surface area (TPSA) is 4.93 Å². The average Bonchev–Trinajstić information content (AvgIpc) is 2.80. The first-order valence-electron chi connectivity index (χ1n) is 6.69. The van der Waals surface area contributed by atoms with Crippen LogP contribution >= 0.6 is 0 Å². The summed E-state index contributed by atoms with van der Waals surface area (Å²) in [6.07, 6.45) is 13.7. The predicted molar refractivity (Wildman–Crippen MR) is 72.0 cm³/mol. The summed E-state index contributed by atoms with van der Waals surface area (Å²) in [4.78, 5) is 0. The number of fused-ring (bicyclic) bond motifs is 1. The largest absolute Gasteiger partial charge is 0.323 e. The standard InChI is InChI=1S/C16H17N/c1-2-8-16(9-3-1)10-12-17-11-7-13-5-4-6-14(16)15(13)17/h4-7,10-12H,1-3,8-9H2. The van der Waals surface area contributed by atoms with Crippen LogP contribution in [0.5, 0.6) is 0 Å². The van der Waals surface area contributed by atoms with Gasteiger partial charge in [0.25, 0.3) is 0 Å². The molecule has 0 unspecified atom stereocenters. The molecule has 86 valence electrons. The highest BCUT2D eigenvalue weighted by atomic mass is 14.9. The van der Waals surface area contributed by atoms with Crippen LogP contribution in [0.4, 0.5) is 0 Å².